The van der Waals surface area contributed by atoms with Gasteiger partial charge in [-0.1, -0.05) is 13.5 Å². The quantitative estimate of drug-likeness (QED) is 0.399. The normalized spacial score (nSPS) is 11.6. The van der Waals surface area contributed by atoms with Crippen molar-refractivity contribution in [1.82, 2.24) is 19.9 Å². The fourth-order valence-corrected chi connectivity index (χ4v) is 2.72. The molecule has 0 unspecified atom stereocenters. The first kappa shape index (κ1) is 23.0. The van der Waals surface area contributed by atoms with Crippen molar-refractivity contribution in [2.75, 3.05) is 11.4 Å². The van der Waals surface area contributed by atoms with Crippen molar-refractivity contribution in [2.24, 2.45) is 22.8 Å². The first-order valence-electron chi connectivity index (χ1n) is 9.54. The summed E-state index contributed by atoms with van der Waals surface area (Å²) in [6, 6.07) is 3.81. The fraction of sp³-hybridized carbons (Fsp3) is 0.238. The van der Waals surface area contributed by atoms with Crippen molar-refractivity contribution in [2.45, 2.75) is 20.3 Å². The van der Waals surface area contributed by atoms with Gasteiger partial charge in [-0.25, -0.2) is 20.0 Å². The van der Waals surface area contributed by atoms with Crippen LogP contribution >= 0.6 is 0 Å². The van der Waals surface area contributed by atoms with Crippen LogP contribution in [0, 0.1) is 23.7 Å². The smallest absolute Gasteiger partial charge is 0.163 e. The minimum Gasteiger partial charge on any atom is -0.384 e. The summed E-state index contributed by atoms with van der Waals surface area (Å²) >= 11 is 0. The number of aromatic nitrogens is 3. The Morgan fingerprint density at radius 1 is 1.48 bits per heavy atom. The van der Waals surface area contributed by atoms with Gasteiger partial charge in [0.05, 0.1) is 30.2 Å². The van der Waals surface area contributed by atoms with E-state index in [1.807, 2.05) is 18.9 Å². The molecule has 0 aromatic carbocycles. The van der Waals surface area contributed by atoms with Gasteiger partial charge in [0.15, 0.2) is 5.82 Å². The predicted molar refractivity (Wildman–Crippen MR) is 124 cm³/mol. The molecule has 2 heterocycles. The lowest BCUT2D eigenvalue weighted by molar-refractivity contribution is 0.894. The Labute approximate surface area is 181 Å². The lowest BCUT2D eigenvalue weighted by Gasteiger charge is -2.20. The van der Waals surface area contributed by atoms with Gasteiger partial charge in [0, 0.05) is 19.8 Å². The molecule has 0 saturated heterocycles. The fourth-order valence-electron chi connectivity index (χ4n) is 2.72. The number of hydrogen-bond donors (Lipinski definition) is 3. The Hall–Kier alpha value is -4.26. The Morgan fingerprint density at radius 3 is 2.90 bits per heavy atom. The highest BCUT2D eigenvalue weighted by Crippen LogP contribution is 2.23. The van der Waals surface area contributed by atoms with Crippen molar-refractivity contribution in [3.05, 3.63) is 54.4 Å². The van der Waals surface area contributed by atoms with E-state index in [1.165, 1.54) is 6.08 Å². The molecular formula is C21H26N10. The van der Waals surface area contributed by atoms with Crippen LogP contribution < -0.4 is 16.0 Å². The third-order valence-electron chi connectivity index (χ3n) is 4.21. The zero-order valence-electron chi connectivity index (χ0n) is 17.9. The summed E-state index contributed by atoms with van der Waals surface area (Å²) in [5.41, 5.74) is 8.93. The Bertz CT molecular complexity index is 1070. The van der Waals surface area contributed by atoms with E-state index in [1.54, 1.807) is 35.7 Å². The molecule has 2 aromatic heterocycles. The van der Waals surface area contributed by atoms with Crippen LogP contribution in [0.3, 0.4) is 0 Å². The van der Waals surface area contributed by atoms with Gasteiger partial charge in [-0.15, -0.1) is 0 Å². The molecule has 2 aromatic rings. The van der Waals surface area contributed by atoms with Crippen molar-refractivity contribution in [3.8, 4) is 6.07 Å². The molecule has 0 fully saturated rings. The summed E-state index contributed by atoms with van der Waals surface area (Å²) in [7, 11) is 1.85. The highest BCUT2D eigenvalue weighted by molar-refractivity contribution is 5.95. The minimum atomic E-state index is 0.191. The molecule has 0 atom stereocenters. The lowest BCUT2D eigenvalue weighted by atomic mass is 10.2. The number of aliphatic imine (C=N–C) groups is 2. The minimum absolute atomic E-state index is 0.191. The van der Waals surface area contributed by atoms with Gasteiger partial charge in [0.2, 0.25) is 0 Å². The van der Waals surface area contributed by atoms with E-state index in [-0.39, 0.29) is 5.84 Å². The van der Waals surface area contributed by atoms with E-state index in [0.717, 1.165) is 30.6 Å². The molecule has 4 N–H and O–H groups in total. The number of nitriles is 1. The average Bonchev–Trinajstić information content (AvgIpc) is 3.11. The molecule has 0 aliphatic carbocycles. The number of nitrogens with two attached hydrogens (primary N) is 1. The van der Waals surface area contributed by atoms with Crippen LogP contribution in [-0.2, 0) is 7.05 Å². The monoisotopic (exact) mass is 418 g/mol. The van der Waals surface area contributed by atoms with Gasteiger partial charge in [-0.2, -0.15) is 5.26 Å². The summed E-state index contributed by atoms with van der Waals surface area (Å²) in [5, 5.41) is 19.0. The first-order valence-corrected chi connectivity index (χ1v) is 9.54. The van der Waals surface area contributed by atoms with Gasteiger partial charge in [0.25, 0.3) is 0 Å². The molecule has 10 heteroatoms. The topological polar surface area (TPSA) is 144 Å². The Morgan fingerprint density at radius 2 is 2.26 bits per heavy atom. The van der Waals surface area contributed by atoms with Crippen LogP contribution in [0.5, 0.6) is 0 Å². The Balaban J connectivity index is 2.27. The molecule has 0 radical (unpaired) electrons. The maximum atomic E-state index is 9.05. The maximum absolute atomic E-state index is 9.05. The molecule has 0 aliphatic heterocycles. The average molecular weight is 419 g/mol. The zero-order valence-corrected chi connectivity index (χ0v) is 17.9. The number of rotatable bonds is 10. The third kappa shape index (κ3) is 6.11. The predicted octanol–water partition coefficient (Wildman–Crippen LogP) is 2.61. The summed E-state index contributed by atoms with van der Waals surface area (Å²) in [6.45, 7) is 8.76. The van der Waals surface area contributed by atoms with Crippen LogP contribution in [0.25, 0.3) is 5.70 Å². The van der Waals surface area contributed by atoms with Gasteiger partial charge < -0.3 is 20.5 Å². The summed E-state index contributed by atoms with van der Waals surface area (Å²) < 4.78 is 1.79. The van der Waals surface area contributed by atoms with Crippen LogP contribution in [0.2, 0.25) is 0 Å². The van der Waals surface area contributed by atoms with E-state index >= 15 is 0 Å². The second kappa shape index (κ2) is 11.1. The van der Waals surface area contributed by atoms with E-state index in [0.29, 0.717) is 22.9 Å². The summed E-state index contributed by atoms with van der Waals surface area (Å²) in [5.74, 6) is 0.809. The number of hydrogen-bond acceptors (Lipinski definition) is 6. The third-order valence-corrected chi connectivity index (χ3v) is 4.21. The first-order chi connectivity index (χ1) is 14.9. The highest BCUT2D eigenvalue weighted by atomic mass is 15.2. The molecule has 10 nitrogen and oxygen atoms in total. The molecule has 0 amide bonds. The Kier molecular flexibility index (Phi) is 8.22. The molecule has 0 aliphatic rings. The van der Waals surface area contributed by atoms with Gasteiger partial charge in [-0.3, -0.25) is 5.41 Å². The van der Waals surface area contributed by atoms with Crippen molar-refractivity contribution < 1.29 is 0 Å². The molecule has 0 spiro atoms. The van der Waals surface area contributed by atoms with Crippen LogP contribution in [0.15, 0.2) is 47.4 Å². The number of aryl methyl sites for hydroxylation is 2. The molecule has 0 bridgehead atoms. The summed E-state index contributed by atoms with van der Waals surface area (Å²) in [6.07, 6.45) is 9.94. The van der Waals surface area contributed by atoms with Gasteiger partial charge in [-0.05, 0) is 31.1 Å². The summed E-state index contributed by atoms with van der Waals surface area (Å²) in [4.78, 5) is 18.8. The number of nitrogens with one attached hydrogen (secondary N) is 2. The van der Waals surface area contributed by atoms with Crippen LogP contribution in [-0.4, -0.2) is 39.6 Å². The lowest BCUT2D eigenvalue weighted by Crippen LogP contribution is -2.23. The molecule has 2 rings (SSSR count). The van der Waals surface area contributed by atoms with Crippen LogP contribution in [0.1, 0.15) is 30.3 Å². The van der Waals surface area contributed by atoms with Crippen molar-refractivity contribution >= 4 is 35.7 Å². The standard InChI is InChI=1S/C21H26N10/c1-5-8-31(18-11-26-17(10-22)9-15(18)2)14-29-21-20(28-13-30(21)4)16(3)25-7-6-19(24)27-12-23/h6-7,9,11-14,25H,3,5,8H2,1-2,4H3,(H3,23,24,27)/b7-6+,29-14+. The largest absolute Gasteiger partial charge is 0.384 e. The SMILES string of the molecule is C=C(N/C=C/C(N)=N\C=N)c1ncn(C)c1/N=C/N(CCC)c1cnc(C#N)cc1C. The van der Waals surface area contributed by atoms with Crippen molar-refractivity contribution in [3.63, 3.8) is 0 Å². The van der Waals surface area contributed by atoms with Gasteiger partial charge >= 0.3 is 0 Å². The zero-order chi connectivity index (χ0) is 22.8. The molecule has 31 heavy (non-hydrogen) atoms. The van der Waals surface area contributed by atoms with E-state index < -0.39 is 0 Å². The number of anilines is 1. The van der Waals surface area contributed by atoms with Gasteiger partial charge in [0.1, 0.15) is 29.6 Å². The van der Waals surface area contributed by atoms with E-state index in [9.17, 15) is 0 Å². The molecule has 160 valence electrons. The highest BCUT2D eigenvalue weighted by Gasteiger charge is 2.12. The van der Waals surface area contributed by atoms with E-state index in [4.69, 9.17) is 16.4 Å². The molecular weight excluding hydrogens is 392 g/mol. The second-order valence-electron chi connectivity index (χ2n) is 6.57. The molecule has 0 saturated carbocycles. The van der Waals surface area contributed by atoms with Crippen LogP contribution in [0.4, 0.5) is 11.5 Å². The number of imidazole rings is 1. The second-order valence-corrected chi connectivity index (χ2v) is 6.57. The number of amidine groups is 1. The number of pyridine rings is 1. The number of nitrogens with zero attached hydrogens (tertiary/aromatic N) is 7. The van der Waals surface area contributed by atoms with E-state index in [2.05, 4.69) is 44.8 Å². The maximum Gasteiger partial charge on any atom is 0.163 e. The van der Waals surface area contributed by atoms with Crippen molar-refractivity contribution in [1.29, 1.82) is 10.7 Å².